The van der Waals surface area contributed by atoms with E-state index in [-0.39, 0.29) is 29.2 Å². The van der Waals surface area contributed by atoms with Crippen molar-refractivity contribution in [3.8, 4) is 11.5 Å². The molecule has 0 aromatic heterocycles. The summed E-state index contributed by atoms with van der Waals surface area (Å²) in [5.41, 5.74) is 0.585. The van der Waals surface area contributed by atoms with Crippen molar-refractivity contribution in [2.24, 2.45) is 5.92 Å². The number of nitrogens with one attached hydrogen (secondary N) is 2. The van der Waals surface area contributed by atoms with Crippen LogP contribution in [0.25, 0.3) is 6.08 Å². The van der Waals surface area contributed by atoms with Gasteiger partial charge in [-0.3, -0.25) is 9.59 Å². The van der Waals surface area contributed by atoms with E-state index >= 15 is 0 Å². The number of carbonyl (C=O) groups is 2. The van der Waals surface area contributed by atoms with Crippen LogP contribution < -0.4 is 20.1 Å². The van der Waals surface area contributed by atoms with Gasteiger partial charge in [-0.1, -0.05) is 19.9 Å². The van der Waals surface area contributed by atoms with Crippen LogP contribution in [0.5, 0.6) is 11.5 Å². The molecule has 0 bridgehead atoms. The number of methoxy groups -OCH3 is 1. The summed E-state index contributed by atoms with van der Waals surface area (Å²) in [6, 6.07) is 4.33. The highest BCUT2D eigenvalue weighted by molar-refractivity contribution is 5.91. The van der Waals surface area contributed by atoms with Crippen LogP contribution in [0.2, 0.25) is 0 Å². The molecule has 2 amide bonds. The summed E-state index contributed by atoms with van der Waals surface area (Å²) in [6.45, 7) is 1.25. The van der Waals surface area contributed by atoms with E-state index in [4.69, 9.17) is 4.74 Å². The second-order valence-electron chi connectivity index (χ2n) is 5.36. The minimum atomic E-state index is -2.95. The number of hydrogen-bond acceptors (Lipinski definition) is 4. The van der Waals surface area contributed by atoms with Gasteiger partial charge in [-0.2, -0.15) is 8.78 Å². The molecule has 0 radical (unpaired) electrons. The predicted molar refractivity (Wildman–Crippen MR) is 89.5 cm³/mol. The van der Waals surface area contributed by atoms with E-state index in [1.54, 1.807) is 13.8 Å². The lowest BCUT2D eigenvalue weighted by atomic mass is 10.2. The first kappa shape index (κ1) is 20.4. The highest BCUT2D eigenvalue weighted by Gasteiger charge is 2.10. The van der Waals surface area contributed by atoms with E-state index < -0.39 is 6.61 Å². The predicted octanol–water partition coefficient (Wildman–Crippen LogP) is 2.20. The molecule has 138 valence electrons. The Morgan fingerprint density at radius 3 is 2.44 bits per heavy atom. The molecule has 0 heterocycles. The third-order valence-electron chi connectivity index (χ3n) is 3.08. The quantitative estimate of drug-likeness (QED) is 0.525. The summed E-state index contributed by atoms with van der Waals surface area (Å²) in [6.07, 6.45) is 2.81. The zero-order valence-electron chi connectivity index (χ0n) is 14.3. The maximum Gasteiger partial charge on any atom is 0.387 e. The van der Waals surface area contributed by atoms with Gasteiger partial charge in [0.2, 0.25) is 11.8 Å². The Bertz CT molecular complexity index is 619. The fourth-order valence-corrected chi connectivity index (χ4v) is 1.79. The normalized spacial score (nSPS) is 11.0. The fourth-order valence-electron chi connectivity index (χ4n) is 1.79. The molecule has 1 aromatic carbocycles. The number of hydrogen-bond donors (Lipinski definition) is 2. The summed E-state index contributed by atoms with van der Waals surface area (Å²) in [5.74, 6) is -0.476. The molecule has 0 saturated carbocycles. The number of carbonyl (C=O) groups excluding carboxylic acids is 2. The monoisotopic (exact) mass is 356 g/mol. The smallest absolute Gasteiger partial charge is 0.387 e. The SMILES string of the molecule is COc1cc(/C=C/C(=O)NCCNC(=O)C(C)C)ccc1OC(F)F. The van der Waals surface area contributed by atoms with Gasteiger partial charge in [0.1, 0.15) is 0 Å². The average Bonchev–Trinajstić information content (AvgIpc) is 2.56. The lowest BCUT2D eigenvalue weighted by Crippen LogP contribution is -2.35. The molecule has 1 aromatic rings. The Labute approximate surface area is 145 Å². The van der Waals surface area contributed by atoms with E-state index in [2.05, 4.69) is 15.4 Å². The maximum atomic E-state index is 12.3. The van der Waals surface area contributed by atoms with Crippen LogP contribution >= 0.6 is 0 Å². The molecule has 0 fully saturated rings. The van der Waals surface area contributed by atoms with Crippen molar-refractivity contribution in [1.82, 2.24) is 10.6 Å². The summed E-state index contributed by atoms with van der Waals surface area (Å²) in [4.78, 5) is 23.0. The molecule has 1 rings (SSSR count). The second-order valence-corrected chi connectivity index (χ2v) is 5.36. The van der Waals surface area contributed by atoms with Gasteiger partial charge >= 0.3 is 6.61 Å². The molecular weight excluding hydrogens is 334 g/mol. The fraction of sp³-hybridized carbons (Fsp3) is 0.412. The van der Waals surface area contributed by atoms with Crippen molar-refractivity contribution in [3.05, 3.63) is 29.8 Å². The van der Waals surface area contributed by atoms with E-state index in [0.29, 0.717) is 18.7 Å². The molecular formula is C17H22F2N2O4. The van der Waals surface area contributed by atoms with Crippen molar-refractivity contribution in [2.45, 2.75) is 20.5 Å². The Balaban J connectivity index is 2.51. The van der Waals surface area contributed by atoms with E-state index in [1.807, 2.05) is 0 Å². The molecule has 0 spiro atoms. The van der Waals surface area contributed by atoms with Crippen LogP contribution in [-0.2, 0) is 9.59 Å². The summed E-state index contributed by atoms with van der Waals surface area (Å²) < 4.78 is 33.8. The lowest BCUT2D eigenvalue weighted by molar-refractivity contribution is -0.124. The standard InChI is InChI=1S/C17H22F2N2O4/c1-11(2)16(23)21-9-8-20-15(22)7-5-12-4-6-13(25-17(18)19)14(10-12)24-3/h4-7,10-11,17H,8-9H2,1-3H3,(H,20,22)(H,21,23)/b7-5+. The van der Waals surface area contributed by atoms with Crippen molar-refractivity contribution in [3.63, 3.8) is 0 Å². The molecule has 0 aliphatic carbocycles. The minimum Gasteiger partial charge on any atom is -0.493 e. The van der Waals surface area contributed by atoms with Crippen molar-refractivity contribution in [1.29, 1.82) is 0 Å². The van der Waals surface area contributed by atoms with E-state index in [9.17, 15) is 18.4 Å². The lowest BCUT2D eigenvalue weighted by Gasteiger charge is -2.10. The van der Waals surface area contributed by atoms with Crippen molar-refractivity contribution >= 4 is 17.9 Å². The van der Waals surface area contributed by atoms with Gasteiger partial charge in [0, 0.05) is 25.1 Å². The van der Waals surface area contributed by atoms with Crippen molar-refractivity contribution < 1.29 is 27.8 Å². The number of rotatable bonds is 9. The van der Waals surface area contributed by atoms with Gasteiger partial charge in [-0.05, 0) is 23.8 Å². The first-order valence-corrected chi connectivity index (χ1v) is 7.70. The van der Waals surface area contributed by atoms with Gasteiger partial charge in [0.05, 0.1) is 7.11 Å². The molecule has 0 unspecified atom stereocenters. The number of benzene rings is 1. The van der Waals surface area contributed by atoms with Gasteiger partial charge < -0.3 is 20.1 Å². The zero-order chi connectivity index (χ0) is 18.8. The topological polar surface area (TPSA) is 76.7 Å². The van der Waals surface area contributed by atoms with Gasteiger partial charge in [0.15, 0.2) is 11.5 Å². The number of ether oxygens (including phenoxy) is 2. The molecule has 0 saturated heterocycles. The Hall–Kier alpha value is -2.64. The number of alkyl halides is 2. The van der Waals surface area contributed by atoms with Crippen LogP contribution in [0, 0.1) is 5.92 Å². The van der Waals surface area contributed by atoms with E-state index in [0.717, 1.165) is 0 Å². The van der Waals surface area contributed by atoms with Crippen LogP contribution in [0.4, 0.5) is 8.78 Å². The molecule has 0 aliphatic heterocycles. The zero-order valence-corrected chi connectivity index (χ0v) is 14.3. The van der Waals surface area contributed by atoms with Crippen LogP contribution in [-0.4, -0.2) is 38.6 Å². The van der Waals surface area contributed by atoms with Crippen LogP contribution in [0.1, 0.15) is 19.4 Å². The molecule has 6 nitrogen and oxygen atoms in total. The van der Waals surface area contributed by atoms with Gasteiger partial charge in [-0.25, -0.2) is 0 Å². The number of halogens is 2. The van der Waals surface area contributed by atoms with E-state index in [1.165, 1.54) is 37.5 Å². The molecule has 0 aliphatic rings. The summed E-state index contributed by atoms with van der Waals surface area (Å²) in [7, 11) is 1.33. The van der Waals surface area contributed by atoms with Gasteiger partial charge in [0.25, 0.3) is 0 Å². The number of amides is 2. The summed E-state index contributed by atoms with van der Waals surface area (Å²) >= 11 is 0. The third kappa shape index (κ3) is 7.65. The van der Waals surface area contributed by atoms with Crippen LogP contribution in [0.3, 0.4) is 0 Å². The molecule has 8 heteroatoms. The highest BCUT2D eigenvalue weighted by atomic mass is 19.3. The second kappa shape index (κ2) is 10.3. The molecule has 0 atom stereocenters. The third-order valence-corrected chi connectivity index (χ3v) is 3.08. The Morgan fingerprint density at radius 2 is 1.84 bits per heavy atom. The first-order valence-electron chi connectivity index (χ1n) is 7.70. The van der Waals surface area contributed by atoms with Gasteiger partial charge in [-0.15, -0.1) is 0 Å². The molecule has 25 heavy (non-hydrogen) atoms. The highest BCUT2D eigenvalue weighted by Crippen LogP contribution is 2.29. The minimum absolute atomic E-state index is 0.0806. The van der Waals surface area contributed by atoms with Crippen molar-refractivity contribution in [2.75, 3.05) is 20.2 Å². The summed E-state index contributed by atoms with van der Waals surface area (Å²) in [5, 5.41) is 5.30. The Kier molecular flexibility index (Phi) is 8.38. The molecule has 2 N–H and O–H groups in total. The first-order chi connectivity index (χ1) is 11.8. The average molecular weight is 356 g/mol. The largest absolute Gasteiger partial charge is 0.493 e. The Morgan fingerprint density at radius 1 is 1.16 bits per heavy atom. The maximum absolute atomic E-state index is 12.3. The van der Waals surface area contributed by atoms with Crippen LogP contribution in [0.15, 0.2) is 24.3 Å².